The number of aryl methyl sites for hydroxylation is 1. The van der Waals surface area contributed by atoms with Gasteiger partial charge >= 0.3 is 6.03 Å². The maximum absolute atomic E-state index is 12.3. The van der Waals surface area contributed by atoms with Gasteiger partial charge in [-0.3, -0.25) is 4.79 Å². The van der Waals surface area contributed by atoms with Crippen LogP contribution in [0.2, 0.25) is 0 Å². The van der Waals surface area contributed by atoms with E-state index in [0.717, 1.165) is 29.1 Å². The molecule has 0 radical (unpaired) electrons. The van der Waals surface area contributed by atoms with Crippen molar-refractivity contribution in [3.63, 3.8) is 0 Å². The molecule has 0 unspecified atom stereocenters. The minimum Gasteiger partial charge on any atom is -0.354 e. The summed E-state index contributed by atoms with van der Waals surface area (Å²) in [4.78, 5) is 28.7. The van der Waals surface area contributed by atoms with Gasteiger partial charge in [-0.25, -0.2) is 9.78 Å². The van der Waals surface area contributed by atoms with Crippen molar-refractivity contribution in [2.24, 2.45) is 0 Å². The van der Waals surface area contributed by atoms with Crippen LogP contribution in [0, 0.1) is 6.92 Å². The fourth-order valence-corrected chi connectivity index (χ4v) is 3.31. The Bertz CT molecular complexity index is 744. The van der Waals surface area contributed by atoms with E-state index in [1.54, 1.807) is 11.3 Å². The highest BCUT2D eigenvalue weighted by Gasteiger charge is 2.22. The lowest BCUT2D eigenvalue weighted by Crippen LogP contribution is -2.47. The molecule has 6 nitrogen and oxygen atoms in total. The lowest BCUT2D eigenvalue weighted by Gasteiger charge is -2.16. The lowest BCUT2D eigenvalue weighted by atomic mass is 10.1. The number of nitrogens with zero attached hydrogens (tertiary/aromatic N) is 1. The first-order chi connectivity index (χ1) is 11.6. The first-order valence-corrected chi connectivity index (χ1v) is 8.88. The standard InChI is InChI=1S/C17H20N4O2S/c1-11-19-15(10-24-11)12-6-2-3-7-13(12)20-17(23)21-14-8-4-5-9-18-16(14)22/h2-3,6-7,10,14H,4-5,8-9H2,1H3,(H,18,22)(H2,20,21,23)/t14-/m0/s1. The van der Waals surface area contributed by atoms with Gasteiger partial charge in [0.15, 0.2) is 0 Å². The largest absolute Gasteiger partial charge is 0.354 e. The van der Waals surface area contributed by atoms with Gasteiger partial charge in [0.25, 0.3) is 0 Å². The minimum absolute atomic E-state index is 0.119. The van der Waals surface area contributed by atoms with E-state index in [2.05, 4.69) is 20.9 Å². The molecular weight excluding hydrogens is 324 g/mol. The molecule has 1 aliphatic rings. The van der Waals surface area contributed by atoms with Gasteiger partial charge in [0.1, 0.15) is 6.04 Å². The molecule has 1 aromatic carbocycles. The first kappa shape index (κ1) is 16.4. The zero-order valence-electron chi connectivity index (χ0n) is 13.5. The van der Waals surface area contributed by atoms with Crippen LogP contribution < -0.4 is 16.0 Å². The number of thiazole rings is 1. The highest BCUT2D eigenvalue weighted by Crippen LogP contribution is 2.28. The average molecular weight is 344 g/mol. The highest BCUT2D eigenvalue weighted by atomic mass is 32.1. The van der Waals surface area contributed by atoms with E-state index in [-0.39, 0.29) is 11.9 Å². The zero-order chi connectivity index (χ0) is 16.9. The van der Waals surface area contributed by atoms with Crippen LogP contribution in [0.25, 0.3) is 11.3 Å². The third-order valence-corrected chi connectivity index (χ3v) is 4.68. The molecule has 0 bridgehead atoms. The molecule has 1 aromatic heterocycles. The smallest absolute Gasteiger partial charge is 0.319 e. The second kappa shape index (κ2) is 7.44. The Morgan fingerprint density at radius 2 is 2.17 bits per heavy atom. The quantitative estimate of drug-likeness (QED) is 0.800. The number of hydrogen-bond acceptors (Lipinski definition) is 4. The second-order valence-corrected chi connectivity index (χ2v) is 6.80. The van der Waals surface area contributed by atoms with E-state index in [0.29, 0.717) is 18.7 Å². The number of nitrogens with one attached hydrogen (secondary N) is 3. The van der Waals surface area contributed by atoms with E-state index in [9.17, 15) is 9.59 Å². The summed E-state index contributed by atoms with van der Waals surface area (Å²) in [5, 5.41) is 11.4. The summed E-state index contributed by atoms with van der Waals surface area (Å²) in [6, 6.07) is 6.65. The number of carbonyl (C=O) groups excluding carboxylic acids is 2. The van der Waals surface area contributed by atoms with Crippen molar-refractivity contribution < 1.29 is 9.59 Å². The van der Waals surface area contributed by atoms with E-state index >= 15 is 0 Å². The van der Waals surface area contributed by atoms with Crippen LogP contribution in [0.5, 0.6) is 0 Å². The van der Waals surface area contributed by atoms with Crippen molar-refractivity contribution in [1.29, 1.82) is 0 Å². The van der Waals surface area contributed by atoms with Crippen LogP contribution in [0.4, 0.5) is 10.5 Å². The molecule has 2 aromatic rings. The van der Waals surface area contributed by atoms with Crippen LogP contribution in [0.15, 0.2) is 29.6 Å². The van der Waals surface area contributed by atoms with Gasteiger partial charge in [-0.15, -0.1) is 11.3 Å². The molecular formula is C17H20N4O2S. The monoisotopic (exact) mass is 344 g/mol. The molecule has 126 valence electrons. The molecule has 0 aliphatic carbocycles. The Balaban J connectivity index is 1.71. The molecule has 0 saturated carbocycles. The maximum atomic E-state index is 12.3. The number of rotatable bonds is 3. The summed E-state index contributed by atoms with van der Waals surface area (Å²) >= 11 is 1.57. The first-order valence-electron chi connectivity index (χ1n) is 8.00. The Labute approximate surface area is 144 Å². The zero-order valence-corrected chi connectivity index (χ0v) is 14.3. The third kappa shape index (κ3) is 3.91. The van der Waals surface area contributed by atoms with Crippen molar-refractivity contribution in [1.82, 2.24) is 15.6 Å². The summed E-state index contributed by atoms with van der Waals surface area (Å²) in [6.07, 6.45) is 2.52. The number of aromatic nitrogens is 1. The van der Waals surface area contributed by atoms with Crippen molar-refractivity contribution in [2.75, 3.05) is 11.9 Å². The molecule has 1 atom stereocenters. The van der Waals surface area contributed by atoms with Gasteiger partial charge in [0.2, 0.25) is 5.91 Å². The maximum Gasteiger partial charge on any atom is 0.319 e. The van der Waals surface area contributed by atoms with Crippen molar-refractivity contribution in [3.8, 4) is 11.3 Å². The van der Waals surface area contributed by atoms with Gasteiger partial charge in [0.05, 0.1) is 16.4 Å². The van der Waals surface area contributed by atoms with Crippen molar-refractivity contribution in [3.05, 3.63) is 34.7 Å². The topological polar surface area (TPSA) is 83.1 Å². The molecule has 2 heterocycles. The van der Waals surface area contributed by atoms with E-state index in [1.165, 1.54) is 0 Å². The van der Waals surface area contributed by atoms with E-state index in [4.69, 9.17) is 0 Å². The molecule has 1 aliphatic heterocycles. The molecule has 0 spiro atoms. The molecule has 1 saturated heterocycles. The van der Waals surface area contributed by atoms with E-state index < -0.39 is 6.04 Å². The number of hydrogen-bond donors (Lipinski definition) is 3. The van der Waals surface area contributed by atoms with Crippen LogP contribution in [-0.4, -0.2) is 29.5 Å². The molecule has 1 fully saturated rings. The molecule has 24 heavy (non-hydrogen) atoms. The Kier molecular flexibility index (Phi) is 5.10. The highest BCUT2D eigenvalue weighted by molar-refractivity contribution is 7.09. The fourth-order valence-electron chi connectivity index (χ4n) is 2.70. The molecule has 3 rings (SSSR count). The van der Waals surface area contributed by atoms with Crippen LogP contribution >= 0.6 is 11.3 Å². The van der Waals surface area contributed by atoms with Gasteiger partial charge in [0, 0.05) is 17.5 Å². The summed E-state index contributed by atoms with van der Waals surface area (Å²) in [5.41, 5.74) is 2.37. The van der Waals surface area contributed by atoms with Gasteiger partial charge in [-0.1, -0.05) is 18.2 Å². The predicted octanol–water partition coefficient (Wildman–Crippen LogP) is 2.91. The summed E-state index contributed by atoms with van der Waals surface area (Å²) in [6.45, 7) is 2.62. The SMILES string of the molecule is Cc1nc(-c2ccccc2NC(=O)N[C@H]2CCCCNC2=O)cs1. The summed E-state index contributed by atoms with van der Waals surface area (Å²) in [7, 11) is 0. The molecule has 3 N–H and O–H groups in total. The molecule has 3 amide bonds. The van der Waals surface area contributed by atoms with Gasteiger partial charge < -0.3 is 16.0 Å². The van der Waals surface area contributed by atoms with Crippen LogP contribution in [0.3, 0.4) is 0 Å². The fraction of sp³-hybridized carbons (Fsp3) is 0.353. The number of benzene rings is 1. The Morgan fingerprint density at radius 1 is 1.33 bits per heavy atom. The average Bonchev–Trinajstić information content (AvgIpc) is 2.90. The number of anilines is 1. The van der Waals surface area contributed by atoms with Gasteiger partial charge in [-0.2, -0.15) is 0 Å². The predicted molar refractivity (Wildman–Crippen MR) is 95.1 cm³/mol. The van der Waals surface area contributed by atoms with Gasteiger partial charge in [-0.05, 0) is 32.3 Å². The lowest BCUT2D eigenvalue weighted by molar-refractivity contribution is -0.122. The number of carbonyl (C=O) groups is 2. The summed E-state index contributed by atoms with van der Waals surface area (Å²) in [5.74, 6) is -0.119. The van der Waals surface area contributed by atoms with Crippen molar-refractivity contribution in [2.45, 2.75) is 32.2 Å². The normalized spacial score (nSPS) is 17.7. The van der Waals surface area contributed by atoms with Crippen LogP contribution in [0.1, 0.15) is 24.3 Å². The Morgan fingerprint density at radius 3 is 2.96 bits per heavy atom. The van der Waals surface area contributed by atoms with E-state index in [1.807, 2.05) is 36.6 Å². The molecule has 7 heteroatoms. The third-order valence-electron chi connectivity index (χ3n) is 3.91. The summed E-state index contributed by atoms with van der Waals surface area (Å²) < 4.78 is 0. The van der Waals surface area contributed by atoms with Crippen LogP contribution in [-0.2, 0) is 4.79 Å². The Hall–Kier alpha value is -2.41. The minimum atomic E-state index is -0.485. The number of amides is 3. The number of urea groups is 1. The second-order valence-electron chi connectivity index (χ2n) is 5.74. The number of para-hydroxylation sites is 1. The van der Waals surface area contributed by atoms with Crippen molar-refractivity contribution >= 4 is 29.0 Å².